The van der Waals surface area contributed by atoms with E-state index in [1.807, 2.05) is 53.4 Å². The van der Waals surface area contributed by atoms with Crippen LogP contribution in [0.4, 0.5) is 0 Å². The fraction of sp³-hybridized carbons (Fsp3) is 0.391. The van der Waals surface area contributed by atoms with Crippen molar-refractivity contribution in [1.82, 2.24) is 9.80 Å². The number of rotatable bonds is 7. The lowest BCUT2D eigenvalue weighted by Crippen LogP contribution is -2.38. The van der Waals surface area contributed by atoms with Gasteiger partial charge in [-0.3, -0.25) is 9.59 Å². The van der Waals surface area contributed by atoms with E-state index in [-0.39, 0.29) is 30.2 Å². The molecule has 1 aliphatic carbocycles. The molecule has 0 N–H and O–H groups in total. The van der Waals surface area contributed by atoms with Crippen molar-refractivity contribution in [2.24, 2.45) is 5.92 Å². The van der Waals surface area contributed by atoms with E-state index in [0.29, 0.717) is 24.7 Å². The number of halogens is 1. The third-order valence-corrected chi connectivity index (χ3v) is 6.03. The average molecular weight is 413 g/mol. The number of hydrogen-bond acceptors (Lipinski definition) is 3. The van der Waals surface area contributed by atoms with E-state index >= 15 is 0 Å². The van der Waals surface area contributed by atoms with Crippen LogP contribution in [0.5, 0.6) is 5.75 Å². The standard InChI is InChI=1S/C23H25ClN2O3/c1-29-20-10-6-16(7-11-20)13-26(19-8-9-19)23(28)18-12-22(27)25(15-18)14-17-4-2-3-5-21(17)24/h2-7,10-11,18-19H,8-9,12-15H2,1H3/t18-/m1/s1. The van der Waals surface area contributed by atoms with Crippen LogP contribution in [-0.4, -0.2) is 41.3 Å². The van der Waals surface area contributed by atoms with Crippen LogP contribution >= 0.6 is 11.6 Å². The van der Waals surface area contributed by atoms with Crippen LogP contribution in [0.1, 0.15) is 30.4 Å². The normalized spacial score (nSPS) is 18.8. The Balaban J connectivity index is 1.43. The SMILES string of the molecule is COc1ccc(CN(C(=O)[C@@H]2CC(=O)N(Cc3ccccc3Cl)C2)C2CC2)cc1. The van der Waals surface area contributed by atoms with Crippen LogP contribution in [0.25, 0.3) is 0 Å². The maximum atomic E-state index is 13.3. The Hall–Kier alpha value is -2.53. The molecule has 1 saturated heterocycles. The Morgan fingerprint density at radius 1 is 1.17 bits per heavy atom. The number of methoxy groups -OCH3 is 1. The van der Waals surface area contributed by atoms with Crippen LogP contribution in [-0.2, 0) is 22.7 Å². The Kier molecular flexibility index (Phi) is 5.76. The van der Waals surface area contributed by atoms with Gasteiger partial charge in [0.05, 0.1) is 13.0 Å². The zero-order chi connectivity index (χ0) is 20.4. The highest BCUT2D eigenvalue weighted by Crippen LogP contribution is 2.32. The summed E-state index contributed by atoms with van der Waals surface area (Å²) >= 11 is 6.24. The molecule has 2 fully saturated rings. The predicted octanol–water partition coefficient (Wildman–Crippen LogP) is 3.89. The summed E-state index contributed by atoms with van der Waals surface area (Å²) in [6, 6.07) is 15.6. The van der Waals surface area contributed by atoms with E-state index in [1.165, 1.54) is 0 Å². The van der Waals surface area contributed by atoms with Gasteiger partial charge < -0.3 is 14.5 Å². The lowest BCUT2D eigenvalue weighted by atomic mass is 10.1. The summed E-state index contributed by atoms with van der Waals surface area (Å²) in [5.41, 5.74) is 1.98. The molecule has 29 heavy (non-hydrogen) atoms. The van der Waals surface area contributed by atoms with Gasteiger partial charge in [-0.25, -0.2) is 0 Å². The smallest absolute Gasteiger partial charge is 0.228 e. The van der Waals surface area contributed by atoms with Crippen LogP contribution < -0.4 is 4.74 Å². The van der Waals surface area contributed by atoms with Gasteiger partial charge in [0, 0.05) is 37.1 Å². The molecule has 2 aliphatic rings. The highest BCUT2D eigenvalue weighted by Gasteiger charge is 2.41. The second-order valence-corrected chi connectivity index (χ2v) is 8.22. The van der Waals surface area contributed by atoms with Gasteiger partial charge in [0.1, 0.15) is 5.75 Å². The Bertz CT molecular complexity index is 895. The van der Waals surface area contributed by atoms with Crippen molar-refractivity contribution < 1.29 is 14.3 Å². The van der Waals surface area contributed by atoms with Crippen molar-refractivity contribution in [3.8, 4) is 5.75 Å². The molecular weight excluding hydrogens is 388 g/mol. The molecule has 1 atom stereocenters. The molecule has 1 aliphatic heterocycles. The number of benzene rings is 2. The van der Waals surface area contributed by atoms with Crippen LogP contribution in [0.2, 0.25) is 5.02 Å². The first-order valence-corrected chi connectivity index (χ1v) is 10.4. The summed E-state index contributed by atoms with van der Waals surface area (Å²) in [5, 5.41) is 0.647. The molecule has 0 spiro atoms. The highest BCUT2D eigenvalue weighted by atomic mass is 35.5. The Labute approximate surface area is 176 Å². The summed E-state index contributed by atoms with van der Waals surface area (Å²) in [4.78, 5) is 29.5. The lowest BCUT2D eigenvalue weighted by molar-refractivity contribution is -0.137. The van der Waals surface area contributed by atoms with Crippen LogP contribution in [0, 0.1) is 5.92 Å². The molecule has 2 amide bonds. The number of ether oxygens (including phenoxy) is 1. The molecule has 152 valence electrons. The fourth-order valence-corrected chi connectivity index (χ4v) is 4.05. The van der Waals surface area contributed by atoms with Crippen molar-refractivity contribution >= 4 is 23.4 Å². The van der Waals surface area contributed by atoms with Gasteiger partial charge >= 0.3 is 0 Å². The zero-order valence-electron chi connectivity index (χ0n) is 16.5. The number of carbonyl (C=O) groups excluding carboxylic acids is 2. The molecule has 0 bridgehead atoms. The molecule has 2 aromatic carbocycles. The first-order valence-electron chi connectivity index (χ1n) is 9.99. The minimum absolute atomic E-state index is 0.0171. The van der Waals surface area contributed by atoms with Crippen LogP contribution in [0.3, 0.4) is 0 Å². The minimum atomic E-state index is -0.288. The predicted molar refractivity (Wildman–Crippen MR) is 112 cm³/mol. The lowest BCUT2D eigenvalue weighted by Gasteiger charge is -2.26. The van der Waals surface area contributed by atoms with Gasteiger partial charge in [-0.15, -0.1) is 0 Å². The maximum Gasteiger partial charge on any atom is 0.228 e. The number of amides is 2. The van der Waals surface area contributed by atoms with Gasteiger partial charge in [-0.05, 0) is 42.2 Å². The van der Waals surface area contributed by atoms with Crippen molar-refractivity contribution in [2.75, 3.05) is 13.7 Å². The number of hydrogen-bond donors (Lipinski definition) is 0. The third kappa shape index (κ3) is 4.56. The molecule has 0 unspecified atom stereocenters. The van der Waals surface area contributed by atoms with Crippen molar-refractivity contribution in [2.45, 2.75) is 38.4 Å². The molecule has 0 aromatic heterocycles. The summed E-state index contributed by atoms with van der Waals surface area (Å²) in [6.45, 7) is 1.47. The van der Waals surface area contributed by atoms with Crippen molar-refractivity contribution in [1.29, 1.82) is 0 Å². The fourth-order valence-electron chi connectivity index (χ4n) is 3.86. The molecular formula is C23H25ClN2O3. The number of likely N-dealkylation sites (tertiary alicyclic amines) is 1. The summed E-state index contributed by atoms with van der Waals surface area (Å²) < 4.78 is 5.21. The Morgan fingerprint density at radius 3 is 2.55 bits per heavy atom. The summed E-state index contributed by atoms with van der Waals surface area (Å²) in [6.07, 6.45) is 2.34. The number of carbonyl (C=O) groups is 2. The highest BCUT2D eigenvalue weighted by molar-refractivity contribution is 6.31. The average Bonchev–Trinajstić information content (AvgIpc) is 3.51. The van der Waals surface area contributed by atoms with Gasteiger partial charge in [0.2, 0.25) is 11.8 Å². The number of nitrogens with zero attached hydrogens (tertiary/aromatic N) is 2. The molecule has 0 radical (unpaired) electrons. The monoisotopic (exact) mass is 412 g/mol. The topological polar surface area (TPSA) is 49.9 Å². The molecule has 2 aromatic rings. The second kappa shape index (κ2) is 8.46. The van der Waals surface area contributed by atoms with Crippen LogP contribution in [0.15, 0.2) is 48.5 Å². The minimum Gasteiger partial charge on any atom is -0.497 e. The van der Waals surface area contributed by atoms with Crippen molar-refractivity contribution in [3.05, 3.63) is 64.7 Å². The van der Waals surface area contributed by atoms with E-state index in [1.54, 1.807) is 12.0 Å². The van der Waals surface area contributed by atoms with Crippen molar-refractivity contribution in [3.63, 3.8) is 0 Å². The second-order valence-electron chi connectivity index (χ2n) is 7.81. The maximum absolute atomic E-state index is 13.3. The van der Waals surface area contributed by atoms with Gasteiger partial charge in [-0.1, -0.05) is 41.9 Å². The van der Waals surface area contributed by atoms with Gasteiger partial charge in [0.15, 0.2) is 0 Å². The quantitative estimate of drug-likeness (QED) is 0.693. The third-order valence-electron chi connectivity index (χ3n) is 5.67. The molecule has 1 heterocycles. The summed E-state index contributed by atoms with van der Waals surface area (Å²) in [7, 11) is 1.64. The largest absolute Gasteiger partial charge is 0.497 e. The molecule has 6 heteroatoms. The van der Waals surface area contributed by atoms with E-state index in [0.717, 1.165) is 29.7 Å². The van der Waals surface area contributed by atoms with Gasteiger partial charge in [-0.2, -0.15) is 0 Å². The molecule has 4 rings (SSSR count). The van der Waals surface area contributed by atoms with E-state index in [9.17, 15) is 9.59 Å². The zero-order valence-corrected chi connectivity index (χ0v) is 17.3. The first kappa shape index (κ1) is 19.8. The Morgan fingerprint density at radius 2 is 1.90 bits per heavy atom. The molecule has 1 saturated carbocycles. The first-order chi connectivity index (χ1) is 14.0. The summed E-state index contributed by atoms with van der Waals surface area (Å²) in [5.74, 6) is 0.611. The van der Waals surface area contributed by atoms with E-state index in [4.69, 9.17) is 16.3 Å². The van der Waals surface area contributed by atoms with E-state index in [2.05, 4.69) is 0 Å². The molecule has 5 nitrogen and oxygen atoms in total. The van der Waals surface area contributed by atoms with E-state index < -0.39 is 0 Å². The van der Waals surface area contributed by atoms with Gasteiger partial charge in [0.25, 0.3) is 0 Å².